The second-order valence-electron chi connectivity index (χ2n) is 5.68. The molecule has 0 heterocycles. The number of nitrogens with two attached hydrogens (primary N) is 1. The molecule has 3 heteroatoms. The first-order valence-electron chi connectivity index (χ1n) is 6.75. The highest BCUT2D eigenvalue weighted by Crippen LogP contribution is 2.31. The minimum absolute atomic E-state index is 0.00829. The quantitative estimate of drug-likeness (QED) is 0.874. The predicted molar refractivity (Wildman–Crippen MR) is 69.2 cm³/mol. The van der Waals surface area contributed by atoms with Crippen LogP contribution in [0.4, 0.5) is 8.78 Å². The van der Waals surface area contributed by atoms with Crippen LogP contribution in [0.2, 0.25) is 0 Å². The lowest BCUT2D eigenvalue weighted by Gasteiger charge is -2.31. The molecule has 1 saturated carbocycles. The van der Waals surface area contributed by atoms with Gasteiger partial charge in [0, 0.05) is 12.1 Å². The Morgan fingerprint density at radius 1 is 1.22 bits per heavy atom. The van der Waals surface area contributed by atoms with E-state index in [9.17, 15) is 8.78 Å². The van der Waals surface area contributed by atoms with Gasteiger partial charge in [0.25, 0.3) is 0 Å². The summed E-state index contributed by atoms with van der Waals surface area (Å²) in [5.74, 6) is 0.169. The van der Waals surface area contributed by atoms with E-state index in [0.29, 0.717) is 17.9 Å². The lowest BCUT2D eigenvalue weighted by atomic mass is 9.77. The molecule has 0 amide bonds. The third kappa shape index (κ3) is 3.52. The fourth-order valence-corrected chi connectivity index (χ4v) is 3.04. The minimum atomic E-state index is -0.519. The van der Waals surface area contributed by atoms with Gasteiger partial charge in [0.2, 0.25) is 0 Å². The molecular formula is C15H21F2N. The summed E-state index contributed by atoms with van der Waals surface area (Å²) in [7, 11) is 0. The van der Waals surface area contributed by atoms with Crippen LogP contribution in [0, 0.1) is 23.5 Å². The van der Waals surface area contributed by atoms with Crippen LogP contribution in [0.5, 0.6) is 0 Å². The highest BCUT2D eigenvalue weighted by Gasteiger charge is 2.24. The van der Waals surface area contributed by atoms with Crippen molar-refractivity contribution in [3.63, 3.8) is 0 Å². The smallest absolute Gasteiger partial charge is 0.126 e. The molecule has 1 aromatic carbocycles. The second-order valence-corrected chi connectivity index (χ2v) is 5.68. The molecule has 3 atom stereocenters. The molecular weight excluding hydrogens is 232 g/mol. The van der Waals surface area contributed by atoms with Crippen LogP contribution in [0.25, 0.3) is 0 Å². The van der Waals surface area contributed by atoms with E-state index in [-0.39, 0.29) is 6.04 Å². The van der Waals surface area contributed by atoms with E-state index in [2.05, 4.69) is 6.92 Å². The fraction of sp³-hybridized carbons (Fsp3) is 0.600. The Kier molecular flexibility index (Phi) is 4.33. The Balaban J connectivity index is 1.99. The first-order chi connectivity index (χ1) is 8.54. The molecule has 0 aromatic heterocycles. The third-order valence-electron chi connectivity index (χ3n) is 3.98. The van der Waals surface area contributed by atoms with Crippen LogP contribution < -0.4 is 5.73 Å². The van der Waals surface area contributed by atoms with Gasteiger partial charge in [-0.25, -0.2) is 8.78 Å². The van der Waals surface area contributed by atoms with Gasteiger partial charge in [0.1, 0.15) is 11.6 Å². The Hall–Kier alpha value is -0.960. The molecule has 0 bridgehead atoms. The molecule has 18 heavy (non-hydrogen) atoms. The van der Waals surface area contributed by atoms with Gasteiger partial charge in [-0.15, -0.1) is 0 Å². The van der Waals surface area contributed by atoms with E-state index in [1.54, 1.807) is 0 Å². The van der Waals surface area contributed by atoms with Gasteiger partial charge >= 0.3 is 0 Å². The summed E-state index contributed by atoms with van der Waals surface area (Å²) in [5.41, 5.74) is 6.86. The average Bonchev–Trinajstić information content (AvgIpc) is 2.27. The van der Waals surface area contributed by atoms with Crippen LogP contribution in [0.1, 0.15) is 38.2 Å². The van der Waals surface area contributed by atoms with E-state index >= 15 is 0 Å². The molecule has 100 valence electrons. The summed E-state index contributed by atoms with van der Waals surface area (Å²) in [4.78, 5) is 0. The van der Waals surface area contributed by atoms with Crippen LogP contribution in [-0.4, -0.2) is 6.04 Å². The van der Waals surface area contributed by atoms with Crippen molar-refractivity contribution in [2.75, 3.05) is 0 Å². The first-order valence-corrected chi connectivity index (χ1v) is 6.75. The van der Waals surface area contributed by atoms with Crippen molar-refractivity contribution in [1.29, 1.82) is 0 Å². The van der Waals surface area contributed by atoms with Crippen molar-refractivity contribution in [3.05, 3.63) is 35.4 Å². The molecule has 0 radical (unpaired) electrons. The van der Waals surface area contributed by atoms with E-state index in [0.717, 1.165) is 24.8 Å². The normalized spacial score (nSPS) is 26.0. The largest absolute Gasteiger partial charge is 0.327 e. The summed E-state index contributed by atoms with van der Waals surface area (Å²) in [6.45, 7) is 2.25. The molecule has 1 aliphatic carbocycles. The number of hydrogen-bond acceptors (Lipinski definition) is 1. The summed E-state index contributed by atoms with van der Waals surface area (Å²) in [5, 5.41) is 0. The standard InChI is InChI=1S/C15H21F2N/c1-10-3-2-4-12(5-10)15(18)8-11-6-13(16)9-14(17)7-11/h6-7,9-10,12,15H,2-5,8,18H2,1H3. The van der Waals surface area contributed by atoms with Gasteiger partial charge in [0.15, 0.2) is 0 Å². The molecule has 1 aromatic rings. The molecule has 0 aliphatic heterocycles. The first kappa shape index (κ1) is 13.5. The summed E-state index contributed by atoms with van der Waals surface area (Å²) in [6.07, 6.45) is 5.34. The maximum absolute atomic E-state index is 13.1. The van der Waals surface area contributed by atoms with Gasteiger partial charge in [-0.1, -0.05) is 19.8 Å². The number of benzene rings is 1. The van der Waals surface area contributed by atoms with Crippen molar-refractivity contribution in [1.82, 2.24) is 0 Å². The Labute approximate surface area is 107 Å². The van der Waals surface area contributed by atoms with Crippen LogP contribution in [-0.2, 0) is 6.42 Å². The lowest BCUT2D eigenvalue weighted by molar-refractivity contribution is 0.245. The van der Waals surface area contributed by atoms with Gasteiger partial charge in [-0.2, -0.15) is 0 Å². The second kappa shape index (κ2) is 5.79. The number of hydrogen-bond donors (Lipinski definition) is 1. The highest BCUT2D eigenvalue weighted by molar-refractivity contribution is 5.19. The Morgan fingerprint density at radius 2 is 1.89 bits per heavy atom. The summed E-state index contributed by atoms with van der Waals surface area (Å²) in [6, 6.07) is 3.68. The van der Waals surface area contributed by atoms with Gasteiger partial charge in [0.05, 0.1) is 0 Å². The predicted octanol–water partition coefficient (Wildman–Crippen LogP) is 3.66. The molecule has 1 nitrogen and oxygen atoms in total. The average molecular weight is 253 g/mol. The zero-order valence-electron chi connectivity index (χ0n) is 10.8. The molecule has 2 N–H and O–H groups in total. The minimum Gasteiger partial charge on any atom is -0.327 e. The topological polar surface area (TPSA) is 26.0 Å². The number of halogens is 2. The fourth-order valence-electron chi connectivity index (χ4n) is 3.04. The van der Waals surface area contributed by atoms with E-state index in [1.807, 2.05) is 0 Å². The SMILES string of the molecule is CC1CCCC(C(N)Cc2cc(F)cc(F)c2)C1. The molecule has 2 rings (SSSR count). The van der Waals surface area contributed by atoms with E-state index in [4.69, 9.17) is 5.73 Å². The van der Waals surface area contributed by atoms with Crippen molar-refractivity contribution >= 4 is 0 Å². The third-order valence-corrected chi connectivity index (χ3v) is 3.98. The monoisotopic (exact) mass is 253 g/mol. The van der Waals surface area contributed by atoms with Crippen LogP contribution >= 0.6 is 0 Å². The zero-order valence-corrected chi connectivity index (χ0v) is 10.8. The Bertz CT molecular complexity index is 385. The highest BCUT2D eigenvalue weighted by atomic mass is 19.1. The van der Waals surface area contributed by atoms with Gasteiger partial charge < -0.3 is 5.73 Å². The maximum Gasteiger partial charge on any atom is 0.126 e. The van der Waals surface area contributed by atoms with Gasteiger partial charge in [-0.3, -0.25) is 0 Å². The van der Waals surface area contributed by atoms with E-state index in [1.165, 1.54) is 25.0 Å². The molecule has 1 fully saturated rings. The van der Waals surface area contributed by atoms with Crippen molar-refractivity contribution in [3.8, 4) is 0 Å². The van der Waals surface area contributed by atoms with Crippen LogP contribution in [0.15, 0.2) is 18.2 Å². The molecule has 0 saturated heterocycles. The van der Waals surface area contributed by atoms with Gasteiger partial charge in [-0.05, 0) is 48.8 Å². The molecule has 3 unspecified atom stereocenters. The van der Waals surface area contributed by atoms with Crippen molar-refractivity contribution in [2.24, 2.45) is 17.6 Å². The Morgan fingerprint density at radius 3 is 2.50 bits per heavy atom. The molecule has 1 aliphatic rings. The maximum atomic E-state index is 13.1. The summed E-state index contributed by atoms with van der Waals surface area (Å²) >= 11 is 0. The molecule has 0 spiro atoms. The van der Waals surface area contributed by atoms with Crippen molar-refractivity contribution in [2.45, 2.75) is 45.1 Å². The zero-order chi connectivity index (χ0) is 13.1. The number of rotatable bonds is 3. The van der Waals surface area contributed by atoms with E-state index < -0.39 is 11.6 Å². The van der Waals surface area contributed by atoms with Crippen LogP contribution in [0.3, 0.4) is 0 Å². The summed E-state index contributed by atoms with van der Waals surface area (Å²) < 4.78 is 26.2. The lowest BCUT2D eigenvalue weighted by Crippen LogP contribution is -2.35. The van der Waals surface area contributed by atoms with Crippen molar-refractivity contribution < 1.29 is 8.78 Å².